The van der Waals surface area contributed by atoms with Gasteiger partial charge in [0.25, 0.3) is 0 Å². The molecule has 0 bridgehead atoms. The number of carbonyl (C=O) groups excluding carboxylic acids is 1. The number of nitrogens with one attached hydrogen (secondary N) is 2. The lowest BCUT2D eigenvalue weighted by Crippen LogP contribution is -2.44. The van der Waals surface area contributed by atoms with Crippen molar-refractivity contribution in [2.24, 2.45) is 7.05 Å². The van der Waals surface area contributed by atoms with Crippen LogP contribution in [0, 0.1) is 0 Å². The van der Waals surface area contributed by atoms with Gasteiger partial charge in [0.05, 0.1) is 12.2 Å². The van der Waals surface area contributed by atoms with E-state index < -0.39 is 0 Å². The summed E-state index contributed by atoms with van der Waals surface area (Å²) in [7, 11) is 1.81. The Balaban J connectivity index is 1.65. The molecule has 1 saturated heterocycles. The Morgan fingerprint density at radius 2 is 2.39 bits per heavy atom. The van der Waals surface area contributed by atoms with Crippen LogP contribution in [0.15, 0.2) is 24.7 Å². The smallest absolute Gasteiger partial charge is 0.320 e. The fraction of sp³-hybridized carbons (Fsp3) is 0.533. The van der Waals surface area contributed by atoms with Crippen molar-refractivity contribution < 1.29 is 9.53 Å². The number of ether oxygens (including phenoxy) is 1. The van der Waals surface area contributed by atoms with Gasteiger partial charge >= 0.3 is 6.03 Å². The van der Waals surface area contributed by atoms with Gasteiger partial charge in [-0.1, -0.05) is 0 Å². The van der Waals surface area contributed by atoms with Crippen molar-refractivity contribution in [1.82, 2.24) is 24.9 Å². The molecule has 1 aliphatic rings. The third-order valence-corrected chi connectivity index (χ3v) is 3.90. The molecule has 0 spiro atoms. The number of hydrogen-bond acceptors (Lipinski definition) is 4. The molecule has 2 N–H and O–H groups in total. The van der Waals surface area contributed by atoms with E-state index in [1.165, 1.54) is 0 Å². The van der Waals surface area contributed by atoms with Crippen LogP contribution in [0.3, 0.4) is 0 Å². The fourth-order valence-electron chi connectivity index (χ4n) is 2.76. The lowest BCUT2D eigenvalue weighted by Gasteiger charge is -2.31. The van der Waals surface area contributed by atoms with Crippen LogP contribution in [0.5, 0.6) is 0 Å². The standard InChI is InChI=1S/C15H22N6O2/c1-3-21-10-11(9-16-21)14-12(5-4-8-23-14)17-15(22)18-13-6-7-20(2)19-13/h6-7,9-10,12,14H,3-5,8H2,1-2H3,(H2,17,18,19,22)/t12-,14+/m0/s1. The van der Waals surface area contributed by atoms with Crippen molar-refractivity contribution in [1.29, 1.82) is 0 Å². The minimum absolute atomic E-state index is 0.0815. The second-order valence-corrected chi connectivity index (χ2v) is 5.64. The lowest BCUT2D eigenvalue weighted by molar-refractivity contribution is -0.00701. The van der Waals surface area contributed by atoms with E-state index >= 15 is 0 Å². The van der Waals surface area contributed by atoms with Gasteiger partial charge in [0.15, 0.2) is 5.82 Å². The number of aromatic nitrogens is 4. The second kappa shape index (κ2) is 6.82. The number of carbonyl (C=O) groups is 1. The minimum atomic E-state index is -0.271. The topological polar surface area (TPSA) is 86.0 Å². The fourth-order valence-corrected chi connectivity index (χ4v) is 2.76. The van der Waals surface area contributed by atoms with Crippen molar-refractivity contribution in [3.63, 3.8) is 0 Å². The Labute approximate surface area is 134 Å². The highest BCUT2D eigenvalue weighted by atomic mass is 16.5. The molecule has 124 valence electrons. The Hall–Kier alpha value is -2.35. The van der Waals surface area contributed by atoms with Crippen LogP contribution in [0.25, 0.3) is 0 Å². The maximum absolute atomic E-state index is 12.2. The molecule has 2 aromatic heterocycles. The van der Waals surface area contributed by atoms with Crippen LogP contribution in [0.4, 0.5) is 10.6 Å². The van der Waals surface area contributed by atoms with Gasteiger partial charge in [-0.05, 0) is 19.8 Å². The predicted octanol–water partition coefficient (Wildman–Crippen LogP) is 1.68. The first-order valence-corrected chi connectivity index (χ1v) is 7.87. The molecule has 2 aromatic rings. The molecular formula is C15H22N6O2. The second-order valence-electron chi connectivity index (χ2n) is 5.64. The Bertz CT molecular complexity index is 664. The number of nitrogens with zero attached hydrogens (tertiary/aromatic N) is 4. The van der Waals surface area contributed by atoms with E-state index in [1.807, 2.05) is 24.0 Å². The van der Waals surface area contributed by atoms with Gasteiger partial charge in [-0.3, -0.25) is 14.7 Å². The van der Waals surface area contributed by atoms with Gasteiger partial charge in [0.2, 0.25) is 0 Å². The van der Waals surface area contributed by atoms with E-state index in [1.54, 1.807) is 24.0 Å². The third kappa shape index (κ3) is 3.70. The highest BCUT2D eigenvalue weighted by molar-refractivity contribution is 5.88. The van der Waals surface area contributed by atoms with Crippen LogP contribution in [-0.2, 0) is 18.3 Å². The van der Waals surface area contributed by atoms with E-state index in [9.17, 15) is 4.79 Å². The molecule has 2 atom stereocenters. The average Bonchev–Trinajstić information content (AvgIpc) is 3.17. The summed E-state index contributed by atoms with van der Waals surface area (Å²) in [6, 6.07) is 1.40. The van der Waals surface area contributed by atoms with Crippen molar-refractivity contribution in [3.05, 3.63) is 30.2 Å². The van der Waals surface area contributed by atoms with Crippen molar-refractivity contribution >= 4 is 11.8 Å². The van der Waals surface area contributed by atoms with Crippen LogP contribution in [0.1, 0.15) is 31.4 Å². The van der Waals surface area contributed by atoms with Crippen molar-refractivity contribution in [2.75, 3.05) is 11.9 Å². The van der Waals surface area contributed by atoms with Gasteiger partial charge < -0.3 is 10.1 Å². The van der Waals surface area contributed by atoms with Gasteiger partial charge in [-0.25, -0.2) is 4.79 Å². The molecule has 2 amide bonds. The summed E-state index contributed by atoms with van der Waals surface area (Å²) in [5, 5.41) is 14.2. The molecule has 1 aliphatic heterocycles. The predicted molar refractivity (Wildman–Crippen MR) is 85.0 cm³/mol. The van der Waals surface area contributed by atoms with E-state index in [4.69, 9.17) is 4.74 Å². The molecule has 3 heterocycles. The van der Waals surface area contributed by atoms with Crippen LogP contribution >= 0.6 is 0 Å². The minimum Gasteiger partial charge on any atom is -0.371 e. The quantitative estimate of drug-likeness (QED) is 0.898. The highest BCUT2D eigenvalue weighted by Gasteiger charge is 2.29. The highest BCUT2D eigenvalue weighted by Crippen LogP contribution is 2.28. The first-order valence-electron chi connectivity index (χ1n) is 7.87. The molecule has 0 aromatic carbocycles. The molecule has 3 rings (SSSR count). The number of urea groups is 1. The summed E-state index contributed by atoms with van der Waals surface area (Å²) in [5.41, 5.74) is 0.995. The van der Waals surface area contributed by atoms with Crippen LogP contribution in [-0.4, -0.2) is 38.2 Å². The molecule has 23 heavy (non-hydrogen) atoms. The first-order chi connectivity index (χ1) is 11.2. The summed E-state index contributed by atoms with van der Waals surface area (Å²) in [6.45, 7) is 3.54. The zero-order valence-electron chi connectivity index (χ0n) is 13.4. The van der Waals surface area contributed by atoms with Gasteiger partial charge in [0, 0.05) is 44.2 Å². The summed E-state index contributed by atoms with van der Waals surface area (Å²) in [5.74, 6) is 0.525. The Kier molecular flexibility index (Phi) is 4.61. The Morgan fingerprint density at radius 3 is 3.09 bits per heavy atom. The normalized spacial score (nSPS) is 21.1. The zero-order valence-corrected chi connectivity index (χ0v) is 13.4. The third-order valence-electron chi connectivity index (χ3n) is 3.90. The van der Waals surface area contributed by atoms with Crippen molar-refractivity contribution in [2.45, 2.75) is 38.5 Å². The summed E-state index contributed by atoms with van der Waals surface area (Å²) >= 11 is 0. The summed E-state index contributed by atoms with van der Waals surface area (Å²) in [6.07, 6.45) is 7.19. The molecule has 1 fully saturated rings. The lowest BCUT2D eigenvalue weighted by atomic mass is 9.98. The number of rotatable bonds is 4. The molecule has 0 aliphatic carbocycles. The van der Waals surface area contributed by atoms with Gasteiger partial charge in [-0.15, -0.1) is 0 Å². The average molecular weight is 318 g/mol. The van der Waals surface area contributed by atoms with Gasteiger partial charge in [0.1, 0.15) is 6.10 Å². The SMILES string of the molecule is CCn1cc([C@H]2OCCC[C@@H]2NC(=O)Nc2ccn(C)n2)cn1. The molecule has 0 saturated carbocycles. The largest absolute Gasteiger partial charge is 0.371 e. The van der Waals surface area contributed by atoms with Crippen molar-refractivity contribution in [3.8, 4) is 0 Å². The maximum atomic E-state index is 12.2. The summed E-state index contributed by atoms with van der Waals surface area (Å²) in [4.78, 5) is 12.2. The first kappa shape index (κ1) is 15.5. The molecule has 8 nitrogen and oxygen atoms in total. The number of anilines is 1. The Morgan fingerprint density at radius 1 is 1.52 bits per heavy atom. The van der Waals surface area contributed by atoms with Crippen LogP contribution < -0.4 is 10.6 Å². The van der Waals surface area contributed by atoms with E-state index in [0.29, 0.717) is 12.4 Å². The molecule has 8 heteroatoms. The van der Waals surface area contributed by atoms with E-state index in [2.05, 4.69) is 20.8 Å². The molecular weight excluding hydrogens is 296 g/mol. The van der Waals surface area contributed by atoms with E-state index in [-0.39, 0.29) is 18.2 Å². The molecule has 0 unspecified atom stereocenters. The number of aryl methyl sites for hydroxylation is 2. The monoisotopic (exact) mass is 318 g/mol. The van der Waals surface area contributed by atoms with Crippen LogP contribution in [0.2, 0.25) is 0 Å². The molecule has 0 radical (unpaired) electrons. The number of amides is 2. The zero-order chi connectivity index (χ0) is 16.2. The summed E-state index contributed by atoms with van der Waals surface area (Å²) < 4.78 is 9.37. The number of hydrogen-bond donors (Lipinski definition) is 2. The van der Waals surface area contributed by atoms with E-state index in [0.717, 1.165) is 24.9 Å². The van der Waals surface area contributed by atoms with Gasteiger partial charge in [-0.2, -0.15) is 10.2 Å². The maximum Gasteiger partial charge on any atom is 0.320 e.